The molecule has 1 unspecified atom stereocenters. The molecule has 0 bridgehead atoms. The molecule has 0 radical (unpaired) electrons. The third kappa shape index (κ3) is 3.82. The van der Waals surface area contributed by atoms with Gasteiger partial charge in [-0.25, -0.2) is 9.59 Å². The van der Waals surface area contributed by atoms with Gasteiger partial charge in [0.05, 0.1) is 13.2 Å². The van der Waals surface area contributed by atoms with Crippen molar-refractivity contribution in [1.29, 1.82) is 0 Å². The smallest absolute Gasteiger partial charge is 0.326 e. The Hall–Kier alpha value is -1.83. The van der Waals surface area contributed by atoms with E-state index in [4.69, 9.17) is 15.6 Å². The molecule has 2 atom stereocenters. The highest BCUT2D eigenvalue weighted by molar-refractivity contribution is 5.88. The fourth-order valence-corrected chi connectivity index (χ4v) is 1.81. The lowest BCUT2D eigenvalue weighted by Gasteiger charge is -2.34. The van der Waals surface area contributed by atoms with E-state index in [0.29, 0.717) is 0 Å². The van der Waals surface area contributed by atoms with Crippen molar-refractivity contribution in [3.05, 3.63) is 0 Å². The number of hydrogen-bond donors (Lipinski definition) is 3. The van der Waals surface area contributed by atoms with Crippen LogP contribution < -0.4 is 11.1 Å². The molecule has 1 saturated heterocycles. The van der Waals surface area contributed by atoms with Gasteiger partial charge in [0.25, 0.3) is 0 Å². The van der Waals surface area contributed by atoms with E-state index in [-0.39, 0.29) is 25.7 Å². The summed E-state index contributed by atoms with van der Waals surface area (Å²) >= 11 is 0. The van der Waals surface area contributed by atoms with Crippen LogP contribution in [0.15, 0.2) is 0 Å². The summed E-state index contributed by atoms with van der Waals surface area (Å²) in [5.74, 6) is -2.06. The molecule has 1 fully saturated rings. The molecule has 0 aromatic heterocycles. The summed E-state index contributed by atoms with van der Waals surface area (Å²) in [7, 11) is 0. The number of aliphatic carboxylic acids is 1. The fraction of sp³-hybridized carbons (Fsp3) is 0.727. The molecule has 0 saturated carbocycles. The van der Waals surface area contributed by atoms with E-state index in [1.807, 2.05) is 0 Å². The Morgan fingerprint density at radius 2 is 2.05 bits per heavy atom. The molecule has 1 aliphatic rings. The fourth-order valence-electron chi connectivity index (χ4n) is 1.81. The number of carbonyl (C=O) groups excluding carboxylic acids is 2. The molecule has 1 heterocycles. The molecule has 0 aromatic rings. The molecule has 4 N–H and O–H groups in total. The number of carboxylic acid groups (broad SMARTS) is 1. The van der Waals surface area contributed by atoms with Crippen molar-refractivity contribution in [3.63, 3.8) is 0 Å². The predicted molar refractivity (Wildman–Crippen MR) is 65.3 cm³/mol. The van der Waals surface area contributed by atoms with Gasteiger partial charge in [-0.2, -0.15) is 0 Å². The van der Waals surface area contributed by atoms with Gasteiger partial charge in [0.15, 0.2) is 0 Å². The predicted octanol–water partition coefficient (Wildman–Crippen LogP) is -1.01. The maximum Gasteiger partial charge on any atom is 0.326 e. The van der Waals surface area contributed by atoms with Crippen molar-refractivity contribution in [1.82, 2.24) is 10.2 Å². The second kappa shape index (κ2) is 6.37. The summed E-state index contributed by atoms with van der Waals surface area (Å²) < 4.78 is 5.08. The van der Waals surface area contributed by atoms with Crippen molar-refractivity contribution < 1.29 is 24.2 Å². The topological polar surface area (TPSA) is 122 Å². The molecule has 8 heteroatoms. The Kier molecular flexibility index (Phi) is 5.11. The van der Waals surface area contributed by atoms with Gasteiger partial charge in [-0.15, -0.1) is 0 Å². The zero-order valence-corrected chi connectivity index (χ0v) is 11.0. The molecule has 3 amide bonds. The summed E-state index contributed by atoms with van der Waals surface area (Å²) in [5, 5.41) is 11.4. The van der Waals surface area contributed by atoms with Gasteiger partial charge in [-0.05, 0) is 5.92 Å². The van der Waals surface area contributed by atoms with Gasteiger partial charge in [-0.1, -0.05) is 13.8 Å². The number of amides is 3. The summed E-state index contributed by atoms with van der Waals surface area (Å²) in [4.78, 5) is 35.5. The first-order valence-corrected chi connectivity index (χ1v) is 6.01. The van der Waals surface area contributed by atoms with E-state index in [0.717, 1.165) is 0 Å². The van der Waals surface area contributed by atoms with Crippen molar-refractivity contribution in [3.8, 4) is 0 Å². The van der Waals surface area contributed by atoms with Crippen LogP contribution >= 0.6 is 0 Å². The Morgan fingerprint density at radius 1 is 1.42 bits per heavy atom. The summed E-state index contributed by atoms with van der Waals surface area (Å²) in [6.07, 6.45) is 0. The van der Waals surface area contributed by atoms with Crippen molar-refractivity contribution in [2.24, 2.45) is 11.7 Å². The quantitative estimate of drug-likeness (QED) is 0.606. The second-order valence-electron chi connectivity index (χ2n) is 4.70. The zero-order chi connectivity index (χ0) is 14.6. The molecule has 0 spiro atoms. The van der Waals surface area contributed by atoms with Gasteiger partial charge in [-0.3, -0.25) is 4.79 Å². The van der Waals surface area contributed by atoms with E-state index in [1.54, 1.807) is 13.8 Å². The minimum Gasteiger partial charge on any atom is -0.480 e. The average molecular weight is 273 g/mol. The van der Waals surface area contributed by atoms with Gasteiger partial charge < -0.3 is 25.8 Å². The number of nitrogens with zero attached hydrogens (tertiary/aromatic N) is 1. The first kappa shape index (κ1) is 15.2. The molecule has 0 aromatic carbocycles. The number of carboxylic acids is 1. The third-order valence-corrected chi connectivity index (χ3v) is 2.93. The number of carbonyl (C=O) groups is 3. The molecule has 1 aliphatic heterocycles. The Morgan fingerprint density at radius 3 is 2.53 bits per heavy atom. The highest BCUT2D eigenvalue weighted by Crippen LogP contribution is 2.09. The molecule has 108 valence electrons. The Balaban J connectivity index is 2.74. The number of hydrogen-bond acceptors (Lipinski definition) is 4. The standard InChI is InChI=1S/C11H19N3O5/c1-6(2)8(10(16)17)13-11(18)14-3-4-19-5-7(14)9(12)15/h6-8H,3-5H2,1-2H3,(H2,12,15)(H,13,18)(H,16,17)/t7?,8-/m1/s1. The lowest BCUT2D eigenvalue weighted by Crippen LogP contribution is -2.59. The van der Waals surface area contributed by atoms with Gasteiger partial charge in [0.2, 0.25) is 5.91 Å². The van der Waals surface area contributed by atoms with Crippen molar-refractivity contribution >= 4 is 17.9 Å². The minimum absolute atomic E-state index is 0.0299. The maximum atomic E-state index is 12.0. The highest BCUT2D eigenvalue weighted by Gasteiger charge is 2.34. The summed E-state index contributed by atoms with van der Waals surface area (Å²) in [6.45, 7) is 3.89. The van der Waals surface area contributed by atoms with E-state index in [1.165, 1.54) is 4.90 Å². The van der Waals surface area contributed by atoms with Crippen LogP contribution in [0.1, 0.15) is 13.8 Å². The summed E-state index contributed by atoms with van der Waals surface area (Å²) in [5.41, 5.74) is 5.19. The third-order valence-electron chi connectivity index (χ3n) is 2.93. The number of nitrogens with two attached hydrogens (primary N) is 1. The molecule has 8 nitrogen and oxygen atoms in total. The van der Waals surface area contributed by atoms with Gasteiger partial charge in [0, 0.05) is 6.54 Å². The van der Waals surface area contributed by atoms with Crippen molar-refractivity contribution in [2.45, 2.75) is 25.9 Å². The van der Waals surface area contributed by atoms with E-state index in [9.17, 15) is 14.4 Å². The number of primary amides is 1. The van der Waals surface area contributed by atoms with E-state index < -0.39 is 30.0 Å². The van der Waals surface area contributed by atoms with Crippen LogP contribution in [0.2, 0.25) is 0 Å². The van der Waals surface area contributed by atoms with Gasteiger partial charge >= 0.3 is 12.0 Å². The normalized spacial score (nSPS) is 21.0. The van der Waals surface area contributed by atoms with E-state index >= 15 is 0 Å². The number of ether oxygens (including phenoxy) is 1. The number of urea groups is 1. The molecule has 19 heavy (non-hydrogen) atoms. The van der Waals surface area contributed by atoms with Crippen LogP contribution in [0.5, 0.6) is 0 Å². The Bertz CT molecular complexity index is 371. The first-order chi connectivity index (χ1) is 8.84. The molecular weight excluding hydrogens is 254 g/mol. The number of rotatable bonds is 4. The lowest BCUT2D eigenvalue weighted by molar-refractivity contribution is -0.140. The van der Waals surface area contributed by atoms with Crippen LogP contribution in [0.3, 0.4) is 0 Å². The number of nitrogens with one attached hydrogen (secondary N) is 1. The number of morpholine rings is 1. The first-order valence-electron chi connectivity index (χ1n) is 6.01. The molecule has 0 aliphatic carbocycles. The van der Waals surface area contributed by atoms with Crippen LogP contribution in [0.25, 0.3) is 0 Å². The van der Waals surface area contributed by atoms with Crippen LogP contribution in [0, 0.1) is 5.92 Å². The van der Waals surface area contributed by atoms with Crippen molar-refractivity contribution in [2.75, 3.05) is 19.8 Å². The maximum absolute atomic E-state index is 12.0. The van der Waals surface area contributed by atoms with Gasteiger partial charge in [0.1, 0.15) is 12.1 Å². The largest absolute Gasteiger partial charge is 0.480 e. The Labute approximate surface area is 110 Å². The van der Waals surface area contributed by atoms with Crippen LogP contribution in [0.4, 0.5) is 4.79 Å². The molecular formula is C11H19N3O5. The SMILES string of the molecule is CC(C)[C@@H](NC(=O)N1CCOCC1C(N)=O)C(=O)O. The van der Waals surface area contributed by atoms with E-state index in [2.05, 4.69) is 5.32 Å². The average Bonchev–Trinajstić information content (AvgIpc) is 2.34. The summed E-state index contributed by atoms with van der Waals surface area (Å²) in [6, 6.07) is -2.49. The second-order valence-corrected chi connectivity index (χ2v) is 4.70. The van der Waals surface area contributed by atoms with Crippen LogP contribution in [-0.4, -0.2) is 59.8 Å². The monoisotopic (exact) mass is 273 g/mol. The zero-order valence-electron chi connectivity index (χ0n) is 11.0. The lowest BCUT2D eigenvalue weighted by atomic mass is 10.1. The molecule has 1 rings (SSSR count). The van der Waals surface area contributed by atoms with Crippen LogP contribution in [-0.2, 0) is 14.3 Å². The highest BCUT2D eigenvalue weighted by atomic mass is 16.5. The minimum atomic E-state index is -1.12.